The first kappa shape index (κ1) is 18.5. The Morgan fingerprint density at radius 1 is 0.767 bits per heavy atom. The van der Waals surface area contributed by atoms with Gasteiger partial charge in [0, 0.05) is 16.7 Å². The summed E-state index contributed by atoms with van der Waals surface area (Å²) in [6.07, 6.45) is 0. The van der Waals surface area contributed by atoms with Crippen LogP contribution in [0.3, 0.4) is 0 Å². The fourth-order valence-electron chi connectivity index (χ4n) is 3.67. The molecule has 1 heterocycles. The molecule has 0 saturated heterocycles. The Morgan fingerprint density at radius 2 is 1.30 bits per heavy atom. The number of anilines is 2. The first-order valence-electron chi connectivity index (χ1n) is 9.53. The number of nitrogens with zero attached hydrogens (tertiary/aromatic N) is 1. The number of fused-ring (bicyclic) bond motifs is 3. The average Bonchev–Trinajstić information content (AvgIpc) is 2.76. The van der Waals surface area contributed by atoms with Gasteiger partial charge in [0.2, 0.25) is 0 Å². The number of hydrogen-bond donors (Lipinski definition) is 0. The Hall–Kier alpha value is -3.57. The van der Waals surface area contributed by atoms with Crippen molar-refractivity contribution in [2.45, 2.75) is 16.7 Å². The Kier molecular flexibility index (Phi) is 4.52. The normalized spacial score (nSPS) is 12.2. The van der Waals surface area contributed by atoms with E-state index in [1.807, 2.05) is 72.8 Å². The Labute approximate surface area is 178 Å². The van der Waals surface area contributed by atoms with Crippen LogP contribution >= 0.6 is 11.8 Å². The molecule has 0 aromatic heterocycles. The molecular formula is C25H17NO3S. The predicted octanol–water partition coefficient (Wildman–Crippen LogP) is 6.21. The largest absolute Gasteiger partial charge is 0.426 e. The van der Waals surface area contributed by atoms with Crippen molar-refractivity contribution in [3.05, 3.63) is 90.5 Å². The van der Waals surface area contributed by atoms with E-state index in [2.05, 4.69) is 0 Å². The summed E-state index contributed by atoms with van der Waals surface area (Å²) < 4.78 is 5.45. The van der Waals surface area contributed by atoms with Crippen molar-refractivity contribution in [2.24, 2.45) is 0 Å². The average molecular weight is 411 g/mol. The van der Waals surface area contributed by atoms with Gasteiger partial charge in [-0.3, -0.25) is 14.5 Å². The number of ether oxygens (including phenoxy) is 1. The molecule has 0 atom stereocenters. The summed E-state index contributed by atoms with van der Waals surface area (Å²) in [7, 11) is 0. The standard InChI is InChI=1S/C25H17NO3S/c1-16(27)29-22-15-18-9-3-2-8-17(18)14-19(22)25(28)26-20-10-4-6-12-23(20)30-24-13-7-5-11-21(24)26/h2-15H,1H3. The number of carbonyl (C=O) groups is 2. The summed E-state index contributed by atoms with van der Waals surface area (Å²) in [4.78, 5) is 29.3. The fourth-order valence-corrected chi connectivity index (χ4v) is 4.73. The lowest BCUT2D eigenvalue weighted by atomic mass is 10.0. The molecule has 4 aromatic rings. The maximum Gasteiger partial charge on any atom is 0.308 e. The van der Waals surface area contributed by atoms with E-state index < -0.39 is 5.97 Å². The maximum absolute atomic E-state index is 13.9. The van der Waals surface area contributed by atoms with Crippen molar-refractivity contribution >= 4 is 45.8 Å². The van der Waals surface area contributed by atoms with Gasteiger partial charge in [0.15, 0.2) is 0 Å². The molecule has 0 fully saturated rings. The van der Waals surface area contributed by atoms with Crippen LogP contribution < -0.4 is 9.64 Å². The van der Waals surface area contributed by atoms with E-state index >= 15 is 0 Å². The molecule has 0 N–H and O–H groups in total. The van der Waals surface area contributed by atoms with Gasteiger partial charge in [-0.15, -0.1) is 0 Å². The third-order valence-electron chi connectivity index (χ3n) is 4.97. The quantitative estimate of drug-likeness (QED) is 0.291. The van der Waals surface area contributed by atoms with Gasteiger partial charge in [-0.25, -0.2) is 0 Å². The zero-order valence-electron chi connectivity index (χ0n) is 16.2. The van der Waals surface area contributed by atoms with Crippen molar-refractivity contribution in [1.29, 1.82) is 0 Å². The molecular weight excluding hydrogens is 394 g/mol. The van der Waals surface area contributed by atoms with E-state index in [0.717, 1.165) is 31.9 Å². The second-order valence-electron chi connectivity index (χ2n) is 6.97. The minimum Gasteiger partial charge on any atom is -0.426 e. The predicted molar refractivity (Wildman–Crippen MR) is 119 cm³/mol. The van der Waals surface area contributed by atoms with Crippen molar-refractivity contribution < 1.29 is 14.3 Å². The molecule has 1 aliphatic rings. The number of esters is 1. The molecule has 0 saturated carbocycles. The van der Waals surface area contributed by atoms with Crippen LogP contribution in [-0.2, 0) is 4.79 Å². The SMILES string of the molecule is CC(=O)Oc1cc2ccccc2cc1C(=O)N1c2ccccc2Sc2ccccc21. The molecule has 5 rings (SSSR count). The third-order valence-corrected chi connectivity index (χ3v) is 6.10. The Morgan fingerprint density at radius 3 is 1.90 bits per heavy atom. The number of amides is 1. The van der Waals surface area contributed by atoms with Crippen molar-refractivity contribution in [3.8, 4) is 5.75 Å². The van der Waals surface area contributed by atoms with Crippen LogP contribution in [0.5, 0.6) is 5.75 Å². The van der Waals surface area contributed by atoms with Gasteiger partial charge in [0.1, 0.15) is 5.75 Å². The highest BCUT2D eigenvalue weighted by atomic mass is 32.2. The maximum atomic E-state index is 13.9. The Bertz CT molecular complexity index is 1270. The lowest BCUT2D eigenvalue weighted by Gasteiger charge is -2.31. The summed E-state index contributed by atoms with van der Waals surface area (Å²) >= 11 is 1.64. The third kappa shape index (κ3) is 3.13. The first-order chi connectivity index (χ1) is 14.6. The zero-order valence-corrected chi connectivity index (χ0v) is 17.0. The Balaban J connectivity index is 1.72. The van der Waals surface area contributed by atoms with Crippen LogP contribution in [0, 0.1) is 0 Å². The molecule has 0 radical (unpaired) electrons. The second kappa shape index (κ2) is 7.35. The van der Waals surface area contributed by atoms with Gasteiger partial charge < -0.3 is 4.74 Å². The van der Waals surface area contributed by atoms with Gasteiger partial charge in [-0.2, -0.15) is 0 Å². The molecule has 5 heteroatoms. The van der Waals surface area contributed by atoms with Crippen molar-refractivity contribution in [2.75, 3.05) is 4.90 Å². The molecule has 4 aromatic carbocycles. The van der Waals surface area contributed by atoms with Crippen LogP contribution in [0.15, 0.2) is 94.7 Å². The van der Waals surface area contributed by atoms with E-state index in [0.29, 0.717) is 5.56 Å². The van der Waals surface area contributed by atoms with E-state index in [4.69, 9.17) is 4.74 Å². The lowest BCUT2D eigenvalue weighted by Crippen LogP contribution is -2.29. The highest BCUT2D eigenvalue weighted by molar-refractivity contribution is 7.99. The zero-order chi connectivity index (χ0) is 20.7. The number of rotatable bonds is 2. The molecule has 30 heavy (non-hydrogen) atoms. The van der Waals surface area contributed by atoms with Crippen molar-refractivity contribution in [3.63, 3.8) is 0 Å². The van der Waals surface area contributed by atoms with Crippen molar-refractivity contribution in [1.82, 2.24) is 0 Å². The first-order valence-corrected chi connectivity index (χ1v) is 10.3. The number of para-hydroxylation sites is 2. The van der Waals surface area contributed by atoms with Crippen LogP contribution in [0.4, 0.5) is 11.4 Å². The smallest absolute Gasteiger partial charge is 0.308 e. The molecule has 4 nitrogen and oxygen atoms in total. The minimum absolute atomic E-state index is 0.239. The summed E-state index contributed by atoms with van der Waals surface area (Å²) in [5.74, 6) is -0.439. The van der Waals surface area contributed by atoms with Gasteiger partial charge in [-0.1, -0.05) is 60.3 Å². The van der Waals surface area contributed by atoms with Gasteiger partial charge in [0.05, 0.1) is 16.9 Å². The topological polar surface area (TPSA) is 46.6 Å². The number of carbonyl (C=O) groups excluding carboxylic acids is 2. The molecule has 0 spiro atoms. The molecule has 0 bridgehead atoms. The molecule has 0 aliphatic carbocycles. The van der Waals surface area contributed by atoms with Gasteiger partial charge in [-0.05, 0) is 47.2 Å². The molecule has 1 amide bonds. The van der Waals surface area contributed by atoms with Gasteiger partial charge >= 0.3 is 5.97 Å². The molecule has 146 valence electrons. The molecule has 0 unspecified atom stereocenters. The van der Waals surface area contributed by atoms with E-state index in [1.54, 1.807) is 28.8 Å². The van der Waals surface area contributed by atoms with E-state index in [9.17, 15) is 9.59 Å². The highest BCUT2D eigenvalue weighted by Gasteiger charge is 2.30. The molecule has 1 aliphatic heterocycles. The minimum atomic E-state index is -0.464. The van der Waals surface area contributed by atoms with Crippen LogP contribution in [0.1, 0.15) is 17.3 Å². The van der Waals surface area contributed by atoms with Gasteiger partial charge in [0.25, 0.3) is 5.91 Å². The fraction of sp³-hybridized carbons (Fsp3) is 0.0400. The summed E-state index contributed by atoms with van der Waals surface area (Å²) in [6, 6.07) is 26.9. The highest BCUT2D eigenvalue weighted by Crippen LogP contribution is 2.48. The number of benzene rings is 4. The number of hydrogen-bond acceptors (Lipinski definition) is 4. The summed E-state index contributed by atoms with van der Waals surface area (Å²) in [5, 5.41) is 1.81. The second-order valence-corrected chi connectivity index (χ2v) is 8.05. The summed E-state index contributed by atoms with van der Waals surface area (Å²) in [6.45, 7) is 1.34. The van der Waals surface area contributed by atoms with E-state index in [-0.39, 0.29) is 11.7 Å². The van der Waals surface area contributed by atoms with Crippen LogP contribution in [0.25, 0.3) is 10.8 Å². The summed E-state index contributed by atoms with van der Waals surface area (Å²) in [5.41, 5.74) is 1.97. The van der Waals surface area contributed by atoms with E-state index in [1.165, 1.54) is 6.92 Å². The van der Waals surface area contributed by atoms with Crippen LogP contribution in [0.2, 0.25) is 0 Å². The monoisotopic (exact) mass is 411 g/mol. The van der Waals surface area contributed by atoms with Crippen LogP contribution in [-0.4, -0.2) is 11.9 Å². The lowest BCUT2D eigenvalue weighted by molar-refractivity contribution is -0.131.